The van der Waals surface area contributed by atoms with E-state index in [1.165, 1.54) is 0 Å². The highest BCUT2D eigenvalue weighted by atomic mass is 16.1. The molecule has 2 aromatic heterocycles. The van der Waals surface area contributed by atoms with E-state index in [4.69, 9.17) is 4.98 Å². The fourth-order valence-electron chi connectivity index (χ4n) is 4.44. The van der Waals surface area contributed by atoms with Crippen LogP contribution in [-0.2, 0) is 6.54 Å². The monoisotopic (exact) mass is 438 g/mol. The van der Waals surface area contributed by atoms with E-state index in [0.717, 1.165) is 37.1 Å². The maximum Gasteiger partial charge on any atom is 0.265 e. The van der Waals surface area contributed by atoms with Gasteiger partial charge in [-0.15, -0.1) is 0 Å². The Hall–Kier alpha value is -3.80. The number of nitrogens with zero attached hydrogens (tertiary/aromatic N) is 4. The van der Waals surface area contributed by atoms with Gasteiger partial charge in [-0.2, -0.15) is 4.98 Å². The van der Waals surface area contributed by atoms with Crippen LogP contribution >= 0.6 is 0 Å². The van der Waals surface area contributed by atoms with Gasteiger partial charge in [0.05, 0.1) is 11.9 Å². The van der Waals surface area contributed by atoms with Crippen molar-refractivity contribution in [3.63, 3.8) is 0 Å². The molecule has 0 N–H and O–H groups in total. The molecule has 6 nitrogen and oxygen atoms in total. The smallest absolute Gasteiger partial charge is 0.265 e. The molecule has 0 aliphatic carbocycles. The van der Waals surface area contributed by atoms with E-state index < -0.39 is 0 Å². The minimum Gasteiger partial charge on any atom is -0.342 e. The lowest BCUT2D eigenvalue weighted by Crippen LogP contribution is -2.39. The van der Waals surface area contributed by atoms with Gasteiger partial charge in [-0.1, -0.05) is 67.6 Å². The highest BCUT2D eigenvalue weighted by molar-refractivity contribution is 5.97. The molecule has 1 aliphatic heterocycles. The Labute approximate surface area is 192 Å². The number of piperidine rings is 1. The summed E-state index contributed by atoms with van der Waals surface area (Å²) < 4.78 is 1.54. The molecule has 1 aliphatic rings. The Morgan fingerprint density at radius 2 is 1.64 bits per heavy atom. The van der Waals surface area contributed by atoms with Crippen LogP contribution in [0.2, 0.25) is 0 Å². The first-order valence-electron chi connectivity index (χ1n) is 11.4. The lowest BCUT2D eigenvalue weighted by molar-refractivity contribution is 0.0971. The number of fused-ring (bicyclic) bond motifs is 1. The van der Waals surface area contributed by atoms with Crippen molar-refractivity contribution < 1.29 is 4.79 Å². The number of benzene rings is 2. The van der Waals surface area contributed by atoms with Crippen LogP contribution in [0.5, 0.6) is 0 Å². The average molecular weight is 439 g/mol. The van der Waals surface area contributed by atoms with Gasteiger partial charge in [0.1, 0.15) is 0 Å². The van der Waals surface area contributed by atoms with Gasteiger partial charge < -0.3 is 4.90 Å². The van der Waals surface area contributed by atoms with E-state index >= 15 is 0 Å². The third-order valence-corrected chi connectivity index (χ3v) is 6.39. The minimum absolute atomic E-state index is 0.0592. The molecule has 5 rings (SSSR count). The van der Waals surface area contributed by atoms with E-state index in [0.29, 0.717) is 28.5 Å². The maximum atomic E-state index is 13.9. The average Bonchev–Trinajstić information content (AvgIpc) is 2.86. The molecule has 0 unspecified atom stereocenters. The van der Waals surface area contributed by atoms with E-state index in [1.54, 1.807) is 22.9 Å². The Morgan fingerprint density at radius 1 is 0.970 bits per heavy atom. The minimum atomic E-state index is -0.232. The third kappa shape index (κ3) is 4.16. The predicted octanol–water partition coefficient (Wildman–Crippen LogP) is 4.58. The predicted molar refractivity (Wildman–Crippen MR) is 131 cm³/mol. The summed E-state index contributed by atoms with van der Waals surface area (Å²) in [4.78, 5) is 38.4. The van der Waals surface area contributed by atoms with Gasteiger partial charge in [0, 0.05) is 24.8 Å². The summed E-state index contributed by atoms with van der Waals surface area (Å²) in [7, 11) is 0. The van der Waals surface area contributed by atoms with Crippen molar-refractivity contribution in [1.82, 2.24) is 14.5 Å². The van der Waals surface area contributed by atoms with Gasteiger partial charge in [0.25, 0.3) is 5.56 Å². The summed E-state index contributed by atoms with van der Waals surface area (Å²) in [5.74, 6) is 1.05. The van der Waals surface area contributed by atoms with Crippen LogP contribution in [0.15, 0.2) is 77.7 Å². The fourth-order valence-corrected chi connectivity index (χ4v) is 4.44. The van der Waals surface area contributed by atoms with Crippen molar-refractivity contribution in [1.29, 1.82) is 0 Å². The first kappa shape index (κ1) is 21.1. The highest BCUT2D eigenvalue weighted by Gasteiger charge is 2.24. The molecule has 1 fully saturated rings. The molecule has 2 aromatic carbocycles. The van der Waals surface area contributed by atoms with Crippen LogP contribution < -0.4 is 10.5 Å². The van der Waals surface area contributed by atoms with Gasteiger partial charge in [-0.05, 0) is 36.0 Å². The largest absolute Gasteiger partial charge is 0.342 e. The van der Waals surface area contributed by atoms with Crippen LogP contribution in [0.4, 0.5) is 5.95 Å². The maximum absolute atomic E-state index is 13.9. The van der Waals surface area contributed by atoms with Crippen molar-refractivity contribution in [2.75, 3.05) is 18.0 Å². The van der Waals surface area contributed by atoms with Crippen LogP contribution in [0.25, 0.3) is 22.2 Å². The highest BCUT2D eigenvalue weighted by Crippen LogP contribution is 2.27. The number of pyridine rings is 1. The van der Waals surface area contributed by atoms with Crippen molar-refractivity contribution in [2.24, 2.45) is 5.92 Å². The molecule has 4 aromatic rings. The molecule has 0 amide bonds. The van der Waals surface area contributed by atoms with Gasteiger partial charge in [-0.25, -0.2) is 4.98 Å². The summed E-state index contributed by atoms with van der Waals surface area (Å²) in [5, 5.41) is 0.443. The molecule has 1 saturated heterocycles. The van der Waals surface area contributed by atoms with Gasteiger partial charge in [0.15, 0.2) is 11.4 Å². The van der Waals surface area contributed by atoms with Crippen LogP contribution in [-0.4, -0.2) is 33.4 Å². The normalized spacial score (nSPS) is 14.5. The second-order valence-electron chi connectivity index (χ2n) is 8.69. The number of aromatic nitrogens is 3. The van der Waals surface area contributed by atoms with Crippen molar-refractivity contribution >= 4 is 22.8 Å². The van der Waals surface area contributed by atoms with E-state index in [1.807, 2.05) is 54.6 Å². The zero-order valence-electron chi connectivity index (χ0n) is 18.6. The number of ketones is 1. The fraction of sp³-hybridized carbons (Fsp3) is 0.259. The van der Waals surface area contributed by atoms with Gasteiger partial charge >= 0.3 is 0 Å². The van der Waals surface area contributed by atoms with Crippen LogP contribution in [0, 0.1) is 5.92 Å². The number of carbonyl (C=O) groups excluding carboxylic acids is 1. The molecule has 0 bridgehead atoms. The van der Waals surface area contributed by atoms with Crippen molar-refractivity contribution in [3.05, 3.63) is 88.8 Å². The van der Waals surface area contributed by atoms with Gasteiger partial charge in [-0.3, -0.25) is 14.2 Å². The Bertz CT molecular complexity index is 1340. The Morgan fingerprint density at radius 3 is 2.33 bits per heavy atom. The molecular weight excluding hydrogens is 412 g/mol. The molecule has 3 heterocycles. The number of rotatable bonds is 5. The molecule has 33 heavy (non-hydrogen) atoms. The summed E-state index contributed by atoms with van der Waals surface area (Å²) in [6, 6.07) is 20.7. The van der Waals surface area contributed by atoms with E-state index in [9.17, 15) is 9.59 Å². The quantitative estimate of drug-likeness (QED) is 0.427. The molecule has 0 spiro atoms. The summed E-state index contributed by atoms with van der Waals surface area (Å²) in [5.41, 5.74) is 2.46. The number of carbonyl (C=O) groups is 1. The van der Waals surface area contributed by atoms with Crippen molar-refractivity contribution in [3.8, 4) is 11.1 Å². The second kappa shape index (κ2) is 8.98. The Kier molecular flexibility index (Phi) is 5.73. The number of hydrogen-bond donors (Lipinski definition) is 0. The molecular formula is C27H26N4O2. The third-order valence-electron chi connectivity index (χ3n) is 6.39. The first-order chi connectivity index (χ1) is 16.1. The van der Waals surface area contributed by atoms with Crippen LogP contribution in [0.3, 0.4) is 0 Å². The lowest BCUT2D eigenvalue weighted by Gasteiger charge is -2.32. The van der Waals surface area contributed by atoms with E-state index in [2.05, 4.69) is 16.8 Å². The van der Waals surface area contributed by atoms with Crippen LogP contribution in [0.1, 0.15) is 30.1 Å². The standard InChI is InChI=1S/C27H26N4O2/c1-19-13-16-30(17-14-19)27-29-25-24(22(12-15-28-25)20-8-4-2-5-9-20)26(33)31(27)18-23(32)21-10-6-3-7-11-21/h2-12,15,19H,13-14,16-18H2,1H3. The zero-order chi connectivity index (χ0) is 22.8. The SMILES string of the molecule is CC1CCN(c2nc3nccc(-c4ccccc4)c3c(=O)n2CC(=O)c2ccccc2)CC1. The summed E-state index contributed by atoms with van der Waals surface area (Å²) in [6.07, 6.45) is 3.74. The topological polar surface area (TPSA) is 68.1 Å². The van der Waals surface area contributed by atoms with Crippen molar-refractivity contribution in [2.45, 2.75) is 26.3 Å². The molecule has 0 saturated carbocycles. The zero-order valence-corrected chi connectivity index (χ0v) is 18.6. The second-order valence-corrected chi connectivity index (χ2v) is 8.69. The first-order valence-corrected chi connectivity index (χ1v) is 11.4. The molecule has 0 radical (unpaired) electrons. The molecule has 166 valence electrons. The molecule has 0 atom stereocenters. The number of hydrogen-bond acceptors (Lipinski definition) is 5. The van der Waals surface area contributed by atoms with Gasteiger partial charge in [0.2, 0.25) is 5.95 Å². The summed E-state index contributed by atoms with van der Waals surface area (Å²) >= 11 is 0. The number of anilines is 1. The molecule has 6 heteroatoms. The lowest BCUT2D eigenvalue weighted by atomic mass is 9.99. The van der Waals surface area contributed by atoms with E-state index in [-0.39, 0.29) is 17.9 Å². The number of Topliss-reactive ketones (excluding diaryl/α,β-unsaturated/α-hetero) is 1. The Balaban J connectivity index is 1.69. The summed E-state index contributed by atoms with van der Waals surface area (Å²) in [6.45, 7) is 3.79.